The van der Waals surface area contributed by atoms with Crippen molar-refractivity contribution in [3.63, 3.8) is 0 Å². The van der Waals surface area contributed by atoms with E-state index in [2.05, 4.69) is 16.9 Å². The molecule has 1 fully saturated rings. The van der Waals surface area contributed by atoms with Gasteiger partial charge in [-0.15, -0.1) is 0 Å². The van der Waals surface area contributed by atoms with Gasteiger partial charge in [-0.1, -0.05) is 6.92 Å². The molecule has 0 amide bonds. The summed E-state index contributed by atoms with van der Waals surface area (Å²) in [5.41, 5.74) is 5.46. The van der Waals surface area contributed by atoms with E-state index in [0.29, 0.717) is 11.7 Å². The van der Waals surface area contributed by atoms with E-state index in [9.17, 15) is 10.1 Å². The molecule has 1 aromatic rings. The number of rotatable bonds is 2. The van der Waals surface area contributed by atoms with E-state index < -0.39 is 4.92 Å². The third kappa shape index (κ3) is 2.66. The smallest absolute Gasteiger partial charge is 0.329 e. The van der Waals surface area contributed by atoms with Gasteiger partial charge in [0.2, 0.25) is 11.8 Å². The highest BCUT2D eigenvalue weighted by Gasteiger charge is 2.24. The first kappa shape index (κ1) is 12.5. The van der Waals surface area contributed by atoms with Crippen LogP contribution in [0.4, 0.5) is 17.5 Å². The van der Waals surface area contributed by atoms with Crippen molar-refractivity contribution in [3.05, 3.63) is 16.3 Å². The minimum absolute atomic E-state index is 0.0706. The monoisotopic (exact) mass is 251 g/mol. The summed E-state index contributed by atoms with van der Waals surface area (Å²) in [7, 11) is 0. The fourth-order valence-corrected chi connectivity index (χ4v) is 2.22. The lowest BCUT2D eigenvalue weighted by atomic mass is 10.0. The lowest BCUT2D eigenvalue weighted by molar-refractivity contribution is -0.384. The molecule has 1 aliphatic heterocycles. The molecule has 0 aromatic carbocycles. The van der Waals surface area contributed by atoms with E-state index in [-0.39, 0.29) is 11.6 Å². The Bertz CT molecular complexity index is 451. The number of nitrogens with two attached hydrogens (primary N) is 1. The molecule has 0 spiro atoms. The molecule has 1 saturated heterocycles. The summed E-state index contributed by atoms with van der Waals surface area (Å²) in [5, 5.41) is 11.0. The molecular weight excluding hydrogens is 234 g/mol. The molecule has 2 heterocycles. The largest absolute Gasteiger partial charge is 0.368 e. The van der Waals surface area contributed by atoms with E-state index in [0.717, 1.165) is 32.4 Å². The molecular formula is C11H17N5O2. The summed E-state index contributed by atoms with van der Waals surface area (Å²) in [5.74, 6) is 1.07. The van der Waals surface area contributed by atoms with Crippen LogP contribution in [-0.4, -0.2) is 28.0 Å². The van der Waals surface area contributed by atoms with Gasteiger partial charge in [0.1, 0.15) is 6.20 Å². The fraction of sp³-hybridized carbons (Fsp3) is 0.636. The Labute approximate surface area is 105 Å². The van der Waals surface area contributed by atoms with Crippen molar-refractivity contribution in [2.24, 2.45) is 5.92 Å². The van der Waals surface area contributed by atoms with Gasteiger partial charge >= 0.3 is 5.69 Å². The van der Waals surface area contributed by atoms with Crippen LogP contribution in [0.3, 0.4) is 0 Å². The zero-order valence-corrected chi connectivity index (χ0v) is 10.4. The molecule has 98 valence electrons. The van der Waals surface area contributed by atoms with Crippen LogP contribution < -0.4 is 10.6 Å². The first-order valence-electron chi connectivity index (χ1n) is 6.10. The van der Waals surface area contributed by atoms with E-state index in [4.69, 9.17) is 5.73 Å². The van der Waals surface area contributed by atoms with Crippen LogP contribution in [-0.2, 0) is 0 Å². The molecule has 18 heavy (non-hydrogen) atoms. The quantitative estimate of drug-likeness (QED) is 0.633. The normalized spacial score (nSPS) is 20.5. The first-order valence-corrected chi connectivity index (χ1v) is 6.10. The van der Waals surface area contributed by atoms with Crippen LogP contribution >= 0.6 is 0 Å². The topological polar surface area (TPSA) is 98.2 Å². The summed E-state index contributed by atoms with van der Waals surface area (Å²) < 4.78 is 0. The van der Waals surface area contributed by atoms with Crippen molar-refractivity contribution >= 4 is 17.5 Å². The predicted molar refractivity (Wildman–Crippen MR) is 68.3 cm³/mol. The summed E-state index contributed by atoms with van der Waals surface area (Å²) >= 11 is 0. The maximum Gasteiger partial charge on any atom is 0.329 e. The summed E-state index contributed by atoms with van der Waals surface area (Å²) in [6, 6.07) is 0. The predicted octanol–water partition coefficient (Wildman–Crippen LogP) is 1.59. The molecule has 1 unspecified atom stereocenters. The van der Waals surface area contributed by atoms with Crippen molar-refractivity contribution in [1.29, 1.82) is 0 Å². The second kappa shape index (κ2) is 5.16. The summed E-state index contributed by atoms with van der Waals surface area (Å²) in [4.78, 5) is 20.2. The van der Waals surface area contributed by atoms with Gasteiger partial charge in [0.15, 0.2) is 0 Å². The van der Waals surface area contributed by atoms with E-state index in [1.54, 1.807) is 0 Å². The molecule has 0 bridgehead atoms. The minimum Gasteiger partial charge on any atom is -0.368 e. The van der Waals surface area contributed by atoms with Crippen LogP contribution in [0.2, 0.25) is 0 Å². The van der Waals surface area contributed by atoms with Gasteiger partial charge in [-0.3, -0.25) is 10.1 Å². The first-order chi connectivity index (χ1) is 8.58. The number of anilines is 2. The van der Waals surface area contributed by atoms with E-state index in [1.165, 1.54) is 6.20 Å². The fourth-order valence-electron chi connectivity index (χ4n) is 2.22. The standard InChI is InChI=1S/C11H17N5O2/c1-8-3-2-5-15(6-4-8)10-9(16(17)18)7-13-11(12)14-10/h7-8H,2-6H2,1H3,(H2,12,13,14). The Morgan fingerprint density at radius 3 is 3.00 bits per heavy atom. The van der Waals surface area contributed by atoms with Crippen molar-refractivity contribution in [1.82, 2.24) is 9.97 Å². The molecule has 1 atom stereocenters. The van der Waals surface area contributed by atoms with Crippen LogP contribution in [0.1, 0.15) is 26.2 Å². The van der Waals surface area contributed by atoms with Gasteiger partial charge in [-0.25, -0.2) is 4.98 Å². The molecule has 0 saturated carbocycles. The van der Waals surface area contributed by atoms with Crippen molar-refractivity contribution in [2.45, 2.75) is 26.2 Å². The van der Waals surface area contributed by atoms with Gasteiger partial charge in [0.05, 0.1) is 4.92 Å². The minimum atomic E-state index is -0.455. The average Bonchev–Trinajstić information content (AvgIpc) is 2.53. The van der Waals surface area contributed by atoms with Crippen LogP contribution in [0.15, 0.2) is 6.20 Å². The molecule has 7 nitrogen and oxygen atoms in total. The van der Waals surface area contributed by atoms with Crippen LogP contribution in [0.5, 0.6) is 0 Å². The summed E-state index contributed by atoms with van der Waals surface area (Å²) in [6.07, 6.45) is 4.36. The number of hydrogen-bond donors (Lipinski definition) is 1. The molecule has 1 aromatic heterocycles. The Hall–Kier alpha value is -1.92. The lowest BCUT2D eigenvalue weighted by Crippen LogP contribution is -2.26. The third-order valence-electron chi connectivity index (χ3n) is 3.28. The SMILES string of the molecule is CC1CCCN(c2nc(N)ncc2[N+](=O)[O-])CC1. The molecule has 0 radical (unpaired) electrons. The highest BCUT2D eigenvalue weighted by Crippen LogP contribution is 2.28. The number of nitrogens with zero attached hydrogens (tertiary/aromatic N) is 4. The van der Waals surface area contributed by atoms with Crippen molar-refractivity contribution < 1.29 is 4.92 Å². The third-order valence-corrected chi connectivity index (χ3v) is 3.28. The lowest BCUT2D eigenvalue weighted by Gasteiger charge is -2.21. The number of nitrogen functional groups attached to an aromatic ring is 1. The molecule has 2 rings (SSSR count). The maximum atomic E-state index is 11.0. The van der Waals surface area contributed by atoms with Crippen LogP contribution in [0, 0.1) is 16.0 Å². The van der Waals surface area contributed by atoms with Crippen molar-refractivity contribution in [2.75, 3.05) is 23.7 Å². The van der Waals surface area contributed by atoms with Crippen molar-refractivity contribution in [3.8, 4) is 0 Å². The van der Waals surface area contributed by atoms with Gasteiger partial charge in [-0.05, 0) is 25.2 Å². The second-order valence-electron chi connectivity index (χ2n) is 4.72. The maximum absolute atomic E-state index is 11.0. The number of nitro groups is 1. The summed E-state index contributed by atoms with van der Waals surface area (Å²) in [6.45, 7) is 3.76. The van der Waals surface area contributed by atoms with Gasteiger partial charge < -0.3 is 10.6 Å². The highest BCUT2D eigenvalue weighted by molar-refractivity contribution is 5.58. The highest BCUT2D eigenvalue weighted by atomic mass is 16.6. The number of hydrogen-bond acceptors (Lipinski definition) is 6. The number of aromatic nitrogens is 2. The zero-order chi connectivity index (χ0) is 13.1. The Morgan fingerprint density at radius 1 is 1.50 bits per heavy atom. The Kier molecular flexibility index (Phi) is 3.59. The molecule has 7 heteroatoms. The van der Waals surface area contributed by atoms with Crippen LogP contribution in [0.25, 0.3) is 0 Å². The van der Waals surface area contributed by atoms with Gasteiger partial charge in [0, 0.05) is 13.1 Å². The van der Waals surface area contributed by atoms with Gasteiger partial charge in [0.25, 0.3) is 0 Å². The Balaban J connectivity index is 2.30. The molecule has 1 aliphatic rings. The second-order valence-corrected chi connectivity index (χ2v) is 4.72. The van der Waals surface area contributed by atoms with E-state index >= 15 is 0 Å². The van der Waals surface area contributed by atoms with Gasteiger partial charge in [-0.2, -0.15) is 4.98 Å². The zero-order valence-electron chi connectivity index (χ0n) is 10.4. The Morgan fingerprint density at radius 2 is 2.28 bits per heavy atom. The molecule has 2 N–H and O–H groups in total. The average molecular weight is 251 g/mol. The van der Waals surface area contributed by atoms with E-state index in [1.807, 2.05) is 4.90 Å². The molecule has 0 aliphatic carbocycles.